The summed E-state index contributed by atoms with van der Waals surface area (Å²) >= 11 is 1.20. The van der Waals surface area contributed by atoms with Crippen LogP contribution in [0.25, 0.3) is 0 Å². The molecule has 5 rings (SSSR count). The fourth-order valence-corrected chi connectivity index (χ4v) is 5.51. The fourth-order valence-electron chi connectivity index (χ4n) is 4.40. The van der Waals surface area contributed by atoms with Gasteiger partial charge in [0.1, 0.15) is 11.3 Å². The average molecular weight is 518 g/mol. The van der Waals surface area contributed by atoms with E-state index in [1.54, 1.807) is 26.8 Å². The molecule has 0 spiro atoms. The Morgan fingerprint density at radius 2 is 1.86 bits per heavy atom. The molecule has 0 saturated heterocycles. The second kappa shape index (κ2) is 8.90. The highest BCUT2D eigenvalue weighted by atomic mass is 32.2. The molecular weight excluding hydrogens is 488 g/mol. The summed E-state index contributed by atoms with van der Waals surface area (Å²) in [4.78, 5) is 39.4. The van der Waals surface area contributed by atoms with Crippen LogP contribution in [-0.2, 0) is 20.7 Å². The highest BCUT2D eigenvalue weighted by molar-refractivity contribution is 8.03. The van der Waals surface area contributed by atoms with Crippen LogP contribution in [0.3, 0.4) is 0 Å². The number of rotatable bonds is 6. The van der Waals surface area contributed by atoms with Crippen molar-refractivity contribution in [3.05, 3.63) is 57.6 Å². The Balaban J connectivity index is 1.39. The third kappa shape index (κ3) is 5.28. The summed E-state index contributed by atoms with van der Waals surface area (Å²) in [5.74, 6) is -3.68. The first-order chi connectivity index (χ1) is 16.9. The number of nitrogens with zero attached hydrogens (tertiary/aromatic N) is 1. The molecule has 1 unspecified atom stereocenters. The number of carbonyl (C=O) groups is 3. The Morgan fingerprint density at radius 3 is 2.44 bits per heavy atom. The lowest BCUT2D eigenvalue weighted by Crippen LogP contribution is -2.45. The second-order valence-electron chi connectivity index (χ2n) is 10.8. The van der Waals surface area contributed by atoms with Crippen molar-refractivity contribution in [2.45, 2.75) is 69.9 Å². The van der Waals surface area contributed by atoms with Crippen molar-refractivity contribution in [3.8, 4) is 0 Å². The number of amides is 2. The zero-order valence-electron chi connectivity index (χ0n) is 20.4. The van der Waals surface area contributed by atoms with Crippen molar-refractivity contribution in [1.29, 1.82) is 0 Å². The molecule has 36 heavy (non-hydrogen) atoms. The van der Waals surface area contributed by atoms with E-state index in [1.807, 2.05) is 12.1 Å². The first-order valence-corrected chi connectivity index (χ1v) is 13.1. The van der Waals surface area contributed by atoms with Gasteiger partial charge in [0.25, 0.3) is 11.8 Å². The maximum atomic E-state index is 13.6. The van der Waals surface area contributed by atoms with Crippen LogP contribution in [0.15, 0.2) is 46.5 Å². The number of thioether (sulfide) groups is 1. The van der Waals surface area contributed by atoms with Gasteiger partial charge in [0, 0.05) is 12.3 Å². The molecule has 192 valence electrons. The van der Waals surface area contributed by atoms with Crippen molar-refractivity contribution in [2.75, 3.05) is 5.88 Å². The molecule has 0 bridgehead atoms. The monoisotopic (exact) mass is 517 g/mol. The van der Waals surface area contributed by atoms with E-state index in [9.17, 15) is 23.2 Å². The molecule has 2 amide bonds. The highest BCUT2D eigenvalue weighted by Gasteiger charge is 2.58. The van der Waals surface area contributed by atoms with Gasteiger partial charge in [-0.2, -0.15) is 0 Å². The maximum absolute atomic E-state index is 13.6. The van der Waals surface area contributed by atoms with Gasteiger partial charge >= 0.3 is 6.09 Å². The Hall–Kier alpha value is -2.88. The standard InChI is InChI=1S/C26H29F2N3O4S/c1-25(2,3)35-24(34)30-31-13-36-22-18(23(33)29-19-12-26(19,27)28)11-17(21(32)20(22)31)10-14-4-6-15(7-5-14)16-8-9-16/h4-7,11,16-17,19H,8-10,12-13H2,1-3H3,(H,29,33)(H,30,34)/t17?,19-/m1/s1. The summed E-state index contributed by atoms with van der Waals surface area (Å²) in [5, 5.41) is 3.77. The first-order valence-electron chi connectivity index (χ1n) is 12.1. The number of halogens is 2. The zero-order valence-corrected chi connectivity index (χ0v) is 21.2. The predicted octanol–water partition coefficient (Wildman–Crippen LogP) is 4.41. The largest absolute Gasteiger partial charge is 0.443 e. The lowest BCUT2D eigenvalue weighted by Gasteiger charge is -2.28. The van der Waals surface area contributed by atoms with E-state index in [-0.39, 0.29) is 22.9 Å². The number of carbonyl (C=O) groups excluding carboxylic acids is 3. The molecule has 0 aromatic heterocycles. The molecule has 2 fully saturated rings. The van der Waals surface area contributed by atoms with E-state index >= 15 is 0 Å². The number of Topliss-reactive ketones (excluding diaryl/α,β-unsaturated/α-hetero) is 1. The van der Waals surface area contributed by atoms with E-state index in [1.165, 1.54) is 35.2 Å². The number of hydrazine groups is 1. The minimum absolute atomic E-state index is 0.181. The summed E-state index contributed by atoms with van der Waals surface area (Å²) in [6, 6.07) is 6.91. The number of hydrogen-bond acceptors (Lipinski definition) is 6. The number of alkyl halides is 2. The van der Waals surface area contributed by atoms with E-state index in [0.717, 1.165) is 5.56 Å². The number of nitrogens with one attached hydrogen (secondary N) is 2. The molecule has 7 nitrogen and oxygen atoms in total. The van der Waals surface area contributed by atoms with Crippen LogP contribution in [0.1, 0.15) is 57.1 Å². The van der Waals surface area contributed by atoms with Gasteiger partial charge in [-0.15, -0.1) is 0 Å². The minimum atomic E-state index is -2.91. The van der Waals surface area contributed by atoms with Gasteiger partial charge in [0.15, 0.2) is 5.78 Å². The zero-order chi connectivity index (χ0) is 25.8. The second-order valence-corrected chi connectivity index (χ2v) is 11.7. The lowest BCUT2D eigenvalue weighted by atomic mass is 9.86. The molecule has 1 heterocycles. The Labute approximate surface area is 212 Å². The van der Waals surface area contributed by atoms with Crippen LogP contribution in [0, 0.1) is 5.92 Å². The van der Waals surface area contributed by atoms with Crippen LogP contribution in [0.4, 0.5) is 13.6 Å². The van der Waals surface area contributed by atoms with E-state index in [0.29, 0.717) is 17.2 Å². The predicted molar refractivity (Wildman–Crippen MR) is 131 cm³/mol. The molecular formula is C26H29F2N3O4S. The van der Waals surface area contributed by atoms with Crippen LogP contribution in [0.2, 0.25) is 0 Å². The maximum Gasteiger partial charge on any atom is 0.426 e. The number of ether oxygens (including phenoxy) is 1. The van der Waals surface area contributed by atoms with Gasteiger partial charge in [-0.05, 0) is 57.1 Å². The first kappa shape index (κ1) is 24.8. The van der Waals surface area contributed by atoms with Crippen LogP contribution in [-0.4, -0.2) is 46.2 Å². The number of hydrogen-bond donors (Lipinski definition) is 2. The molecule has 1 aliphatic heterocycles. The molecule has 1 aromatic rings. The molecule has 2 saturated carbocycles. The summed E-state index contributed by atoms with van der Waals surface area (Å²) in [7, 11) is 0. The van der Waals surface area contributed by atoms with Crippen molar-refractivity contribution >= 4 is 29.5 Å². The minimum Gasteiger partial charge on any atom is -0.443 e. The van der Waals surface area contributed by atoms with Crippen molar-refractivity contribution in [3.63, 3.8) is 0 Å². The third-order valence-corrected chi connectivity index (χ3v) is 7.58. The number of allylic oxidation sites excluding steroid dienone is 2. The molecule has 10 heteroatoms. The summed E-state index contributed by atoms with van der Waals surface area (Å²) in [5.41, 5.74) is 4.44. The summed E-state index contributed by atoms with van der Waals surface area (Å²) in [6.45, 7) is 5.18. The van der Waals surface area contributed by atoms with Crippen molar-refractivity contribution < 1.29 is 27.9 Å². The summed E-state index contributed by atoms with van der Waals surface area (Å²) < 4.78 is 32.3. The van der Waals surface area contributed by atoms with Gasteiger partial charge in [-0.1, -0.05) is 42.1 Å². The topological polar surface area (TPSA) is 87.7 Å². The van der Waals surface area contributed by atoms with Gasteiger partial charge < -0.3 is 10.1 Å². The fraction of sp³-hybridized carbons (Fsp3) is 0.500. The van der Waals surface area contributed by atoms with E-state index in [4.69, 9.17) is 4.74 Å². The number of benzene rings is 1. The third-order valence-electron chi connectivity index (χ3n) is 6.49. The molecule has 2 atom stereocenters. The Kier molecular flexibility index (Phi) is 6.13. The van der Waals surface area contributed by atoms with Crippen LogP contribution >= 0.6 is 11.8 Å². The van der Waals surface area contributed by atoms with Crippen molar-refractivity contribution in [1.82, 2.24) is 15.8 Å². The average Bonchev–Trinajstić information content (AvgIpc) is 3.68. The Morgan fingerprint density at radius 1 is 1.19 bits per heavy atom. The molecule has 4 aliphatic rings. The molecule has 2 N–H and O–H groups in total. The molecule has 1 aromatic carbocycles. The van der Waals surface area contributed by atoms with Gasteiger partial charge in [0.05, 0.1) is 22.4 Å². The van der Waals surface area contributed by atoms with Gasteiger partial charge in [-0.3, -0.25) is 14.6 Å². The molecule has 0 radical (unpaired) electrons. The normalized spacial score (nSPS) is 24.8. The van der Waals surface area contributed by atoms with E-state index in [2.05, 4.69) is 22.9 Å². The van der Waals surface area contributed by atoms with Gasteiger partial charge in [-0.25, -0.2) is 19.0 Å². The van der Waals surface area contributed by atoms with Crippen molar-refractivity contribution in [2.24, 2.45) is 5.92 Å². The van der Waals surface area contributed by atoms with E-state index < -0.39 is 41.9 Å². The smallest absolute Gasteiger partial charge is 0.426 e. The Bertz CT molecular complexity index is 1170. The lowest BCUT2D eigenvalue weighted by molar-refractivity contribution is -0.120. The van der Waals surface area contributed by atoms with Crippen LogP contribution in [0.5, 0.6) is 0 Å². The SMILES string of the molecule is CC(C)(C)OC(=O)NN1CSC2=C1C(=O)C(Cc1ccc(C3CC3)cc1)C=C2C(=O)N[C@@H]1CC1(F)F. The highest BCUT2D eigenvalue weighted by Crippen LogP contribution is 2.45. The van der Waals surface area contributed by atoms with Gasteiger partial charge in [0.2, 0.25) is 0 Å². The summed E-state index contributed by atoms with van der Waals surface area (Å²) in [6.07, 6.45) is 3.19. The molecule has 3 aliphatic carbocycles. The quantitative estimate of drug-likeness (QED) is 0.581. The number of ketones is 1. The van der Waals surface area contributed by atoms with Crippen LogP contribution < -0.4 is 10.7 Å².